The summed E-state index contributed by atoms with van der Waals surface area (Å²) in [5.41, 5.74) is 0.0741. The molecule has 0 aromatic carbocycles. The Bertz CT molecular complexity index is 528. The van der Waals surface area contributed by atoms with Gasteiger partial charge in [0.2, 0.25) is 0 Å². The summed E-state index contributed by atoms with van der Waals surface area (Å²) in [6.07, 6.45) is 1.52. The molecule has 0 spiro atoms. The number of pyridine rings is 1. The molecule has 0 aliphatic rings. The van der Waals surface area contributed by atoms with Crippen LogP contribution in [0.25, 0.3) is 0 Å². The van der Waals surface area contributed by atoms with E-state index in [0.29, 0.717) is 18.1 Å². The van der Waals surface area contributed by atoms with Crippen LogP contribution in [0.2, 0.25) is 5.15 Å². The molecule has 2 aromatic rings. The van der Waals surface area contributed by atoms with E-state index in [4.69, 9.17) is 21.2 Å². The molecular formula is C10H8ClN3O3. The minimum Gasteiger partial charge on any atom is -0.478 e. The molecule has 0 bridgehead atoms. The average Bonchev–Trinajstić information content (AvgIpc) is 2.78. The highest BCUT2D eigenvalue weighted by Crippen LogP contribution is 2.15. The van der Waals surface area contributed by atoms with Crippen molar-refractivity contribution in [2.24, 2.45) is 0 Å². The molecule has 0 unspecified atom stereocenters. The Morgan fingerprint density at radius 1 is 1.53 bits per heavy atom. The zero-order valence-corrected chi connectivity index (χ0v) is 9.31. The SMILES string of the molecule is O=C(O)c1cc(Cl)nc(NCc2ccno2)c1. The molecule has 0 saturated heterocycles. The van der Waals surface area contributed by atoms with Crippen molar-refractivity contribution in [3.8, 4) is 0 Å². The standard InChI is InChI=1S/C10H8ClN3O3/c11-8-3-6(10(15)16)4-9(14-8)12-5-7-1-2-13-17-7/h1-4H,5H2,(H,12,14)(H,15,16). The van der Waals surface area contributed by atoms with E-state index in [1.165, 1.54) is 18.3 Å². The summed E-state index contributed by atoms with van der Waals surface area (Å²) in [6.45, 7) is 0.354. The van der Waals surface area contributed by atoms with E-state index in [-0.39, 0.29) is 10.7 Å². The van der Waals surface area contributed by atoms with Crippen molar-refractivity contribution in [1.82, 2.24) is 10.1 Å². The molecule has 0 radical (unpaired) electrons. The predicted octanol–water partition coefficient (Wildman–Crippen LogP) is 2.03. The molecule has 0 atom stereocenters. The van der Waals surface area contributed by atoms with Crippen molar-refractivity contribution in [2.45, 2.75) is 6.54 Å². The quantitative estimate of drug-likeness (QED) is 0.811. The van der Waals surface area contributed by atoms with Gasteiger partial charge in [0.05, 0.1) is 18.3 Å². The number of hydrogen-bond donors (Lipinski definition) is 2. The molecule has 17 heavy (non-hydrogen) atoms. The van der Waals surface area contributed by atoms with Crippen LogP contribution in [0.1, 0.15) is 16.1 Å². The van der Waals surface area contributed by atoms with E-state index in [1.807, 2.05) is 0 Å². The fourth-order valence-corrected chi connectivity index (χ4v) is 1.43. The highest BCUT2D eigenvalue weighted by Gasteiger charge is 2.07. The van der Waals surface area contributed by atoms with E-state index in [2.05, 4.69) is 15.5 Å². The largest absolute Gasteiger partial charge is 0.478 e. The van der Waals surface area contributed by atoms with Gasteiger partial charge in [0.1, 0.15) is 11.0 Å². The lowest BCUT2D eigenvalue weighted by atomic mass is 10.2. The normalized spacial score (nSPS) is 10.2. The Hall–Kier alpha value is -2.08. The number of aromatic nitrogens is 2. The summed E-state index contributed by atoms with van der Waals surface area (Å²) in [7, 11) is 0. The second-order valence-electron chi connectivity index (χ2n) is 3.20. The maximum Gasteiger partial charge on any atom is 0.335 e. The summed E-state index contributed by atoms with van der Waals surface area (Å²) in [5.74, 6) is -0.0769. The highest BCUT2D eigenvalue weighted by atomic mass is 35.5. The Kier molecular flexibility index (Phi) is 3.24. The van der Waals surface area contributed by atoms with Crippen LogP contribution in [0.5, 0.6) is 0 Å². The third kappa shape index (κ3) is 2.94. The number of nitrogens with zero attached hydrogens (tertiary/aromatic N) is 2. The fraction of sp³-hybridized carbons (Fsp3) is 0.100. The number of anilines is 1. The van der Waals surface area contributed by atoms with Gasteiger partial charge in [-0.2, -0.15) is 0 Å². The van der Waals surface area contributed by atoms with E-state index in [1.54, 1.807) is 6.07 Å². The number of halogens is 1. The topological polar surface area (TPSA) is 88.2 Å². The molecule has 0 fully saturated rings. The van der Waals surface area contributed by atoms with Crippen LogP contribution in [-0.4, -0.2) is 21.2 Å². The zero-order chi connectivity index (χ0) is 12.3. The lowest BCUT2D eigenvalue weighted by Crippen LogP contribution is -2.04. The van der Waals surface area contributed by atoms with Gasteiger partial charge in [-0.05, 0) is 12.1 Å². The number of nitrogens with one attached hydrogen (secondary N) is 1. The molecule has 7 heteroatoms. The lowest BCUT2D eigenvalue weighted by molar-refractivity contribution is 0.0697. The van der Waals surface area contributed by atoms with Gasteiger partial charge in [-0.25, -0.2) is 9.78 Å². The smallest absolute Gasteiger partial charge is 0.335 e. The molecule has 2 heterocycles. The monoisotopic (exact) mass is 253 g/mol. The minimum absolute atomic E-state index is 0.0741. The van der Waals surface area contributed by atoms with Crippen molar-refractivity contribution in [3.05, 3.63) is 40.9 Å². The number of carboxylic acids is 1. The average molecular weight is 254 g/mol. The van der Waals surface area contributed by atoms with Gasteiger partial charge in [-0.1, -0.05) is 16.8 Å². The summed E-state index contributed by atoms with van der Waals surface area (Å²) in [5, 5.41) is 15.4. The maximum atomic E-state index is 10.8. The van der Waals surface area contributed by atoms with Gasteiger partial charge >= 0.3 is 5.97 Å². The Labute approximate surface area is 101 Å². The Morgan fingerprint density at radius 2 is 2.35 bits per heavy atom. The van der Waals surface area contributed by atoms with Gasteiger partial charge in [0.15, 0.2) is 5.76 Å². The van der Waals surface area contributed by atoms with E-state index in [9.17, 15) is 4.79 Å². The third-order valence-electron chi connectivity index (χ3n) is 1.98. The van der Waals surface area contributed by atoms with Crippen molar-refractivity contribution in [2.75, 3.05) is 5.32 Å². The first kappa shape index (κ1) is 11.4. The summed E-state index contributed by atoms with van der Waals surface area (Å²) in [6, 6.07) is 4.36. The van der Waals surface area contributed by atoms with Crippen LogP contribution in [-0.2, 0) is 6.54 Å². The Morgan fingerprint density at radius 3 is 3.00 bits per heavy atom. The van der Waals surface area contributed by atoms with Crippen LogP contribution >= 0.6 is 11.6 Å². The Balaban J connectivity index is 2.13. The first-order valence-electron chi connectivity index (χ1n) is 4.69. The van der Waals surface area contributed by atoms with Crippen molar-refractivity contribution < 1.29 is 14.4 Å². The second-order valence-corrected chi connectivity index (χ2v) is 3.59. The molecule has 2 rings (SSSR count). The number of carbonyl (C=O) groups is 1. The minimum atomic E-state index is -1.06. The number of rotatable bonds is 4. The zero-order valence-electron chi connectivity index (χ0n) is 8.55. The van der Waals surface area contributed by atoms with Crippen LogP contribution in [0, 0.1) is 0 Å². The van der Waals surface area contributed by atoms with E-state index in [0.717, 1.165) is 0 Å². The first-order chi connectivity index (χ1) is 8.15. The third-order valence-corrected chi connectivity index (χ3v) is 2.17. The molecular weight excluding hydrogens is 246 g/mol. The first-order valence-corrected chi connectivity index (χ1v) is 5.07. The van der Waals surface area contributed by atoms with Crippen LogP contribution in [0.3, 0.4) is 0 Å². The number of aromatic carboxylic acids is 1. The fourth-order valence-electron chi connectivity index (χ4n) is 1.22. The van der Waals surface area contributed by atoms with E-state index < -0.39 is 5.97 Å². The maximum absolute atomic E-state index is 10.8. The van der Waals surface area contributed by atoms with Gasteiger partial charge in [-0.15, -0.1) is 0 Å². The highest BCUT2D eigenvalue weighted by molar-refractivity contribution is 6.29. The summed E-state index contributed by atoms with van der Waals surface area (Å²) >= 11 is 5.70. The number of carboxylic acid groups (broad SMARTS) is 1. The molecule has 88 valence electrons. The molecule has 0 aliphatic carbocycles. The van der Waals surface area contributed by atoms with Crippen LogP contribution in [0.15, 0.2) is 28.9 Å². The second kappa shape index (κ2) is 4.84. The van der Waals surface area contributed by atoms with Gasteiger partial charge < -0.3 is 14.9 Å². The number of hydrogen-bond acceptors (Lipinski definition) is 5. The van der Waals surface area contributed by atoms with Gasteiger partial charge in [0, 0.05) is 6.07 Å². The molecule has 2 N–H and O–H groups in total. The van der Waals surface area contributed by atoms with Crippen LogP contribution < -0.4 is 5.32 Å². The molecule has 0 aliphatic heterocycles. The van der Waals surface area contributed by atoms with Crippen molar-refractivity contribution in [1.29, 1.82) is 0 Å². The van der Waals surface area contributed by atoms with E-state index >= 15 is 0 Å². The lowest BCUT2D eigenvalue weighted by Gasteiger charge is -2.04. The summed E-state index contributed by atoms with van der Waals surface area (Å²) < 4.78 is 4.87. The predicted molar refractivity (Wildman–Crippen MR) is 60.0 cm³/mol. The summed E-state index contributed by atoms with van der Waals surface area (Å²) in [4.78, 5) is 14.7. The van der Waals surface area contributed by atoms with Crippen LogP contribution in [0.4, 0.5) is 5.82 Å². The molecule has 2 aromatic heterocycles. The van der Waals surface area contributed by atoms with Crippen molar-refractivity contribution in [3.63, 3.8) is 0 Å². The molecule has 6 nitrogen and oxygen atoms in total. The molecule has 0 saturated carbocycles. The molecule has 0 amide bonds. The van der Waals surface area contributed by atoms with Gasteiger partial charge in [-0.3, -0.25) is 0 Å². The van der Waals surface area contributed by atoms with Gasteiger partial charge in [0.25, 0.3) is 0 Å². The van der Waals surface area contributed by atoms with Crippen molar-refractivity contribution >= 4 is 23.4 Å².